The molecule has 21 heavy (non-hydrogen) atoms. The van der Waals surface area contributed by atoms with Gasteiger partial charge in [-0.2, -0.15) is 0 Å². The molecule has 1 aromatic heterocycles. The zero-order valence-corrected chi connectivity index (χ0v) is 12.1. The third-order valence-corrected chi connectivity index (χ3v) is 3.07. The molecule has 0 saturated carbocycles. The molecule has 108 valence electrons. The van der Waals surface area contributed by atoms with Gasteiger partial charge in [0, 0.05) is 6.07 Å². The van der Waals surface area contributed by atoms with Crippen molar-refractivity contribution in [3.63, 3.8) is 0 Å². The molecule has 1 aromatic carbocycles. The topological polar surface area (TPSA) is 80.1 Å². The SMILES string of the molecule is C[C@@H](NC(=S)Nc1ccc([N+](=O)[O-])cn1)c1ccccc1. The summed E-state index contributed by atoms with van der Waals surface area (Å²) in [5, 5.41) is 17.0. The molecule has 2 rings (SSSR count). The highest BCUT2D eigenvalue weighted by Crippen LogP contribution is 2.13. The smallest absolute Gasteiger partial charge is 0.287 e. The second kappa shape index (κ2) is 6.76. The first-order valence-corrected chi connectivity index (χ1v) is 6.70. The monoisotopic (exact) mass is 302 g/mol. The van der Waals surface area contributed by atoms with Crippen molar-refractivity contribution >= 4 is 28.8 Å². The molecule has 1 atom stereocenters. The molecule has 0 amide bonds. The summed E-state index contributed by atoms with van der Waals surface area (Å²) in [6, 6.07) is 12.8. The lowest BCUT2D eigenvalue weighted by Gasteiger charge is -2.16. The fraction of sp³-hybridized carbons (Fsp3) is 0.143. The highest BCUT2D eigenvalue weighted by Gasteiger charge is 2.08. The fourth-order valence-corrected chi connectivity index (χ4v) is 2.02. The highest BCUT2D eigenvalue weighted by molar-refractivity contribution is 7.80. The minimum Gasteiger partial charge on any atom is -0.356 e. The van der Waals surface area contributed by atoms with E-state index in [1.165, 1.54) is 18.3 Å². The summed E-state index contributed by atoms with van der Waals surface area (Å²) in [5.74, 6) is 0.457. The summed E-state index contributed by atoms with van der Waals surface area (Å²) >= 11 is 5.20. The summed E-state index contributed by atoms with van der Waals surface area (Å²) in [7, 11) is 0. The molecule has 6 nitrogen and oxygen atoms in total. The molecule has 2 aromatic rings. The van der Waals surface area contributed by atoms with Crippen molar-refractivity contribution in [2.45, 2.75) is 13.0 Å². The number of benzene rings is 1. The fourth-order valence-electron chi connectivity index (χ4n) is 1.74. The van der Waals surface area contributed by atoms with Crippen molar-refractivity contribution in [1.82, 2.24) is 10.3 Å². The maximum Gasteiger partial charge on any atom is 0.287 e. The molecule has 0 aliphatic heterocycles. The zero-order chi connectivity index (χ0) is 15.2. The van der Waals surface area contributed by atoms with Crippen LogP contribution in [0.3, 0.4) is 0 Å². The maximum atomic E-state index is 10.5. The number of thiocarbonyl (C=S) groups is 1. The third kappa shape index (κ3) is 4.22. The Balaban J connectivity index is 1.94. The van der Waals surface area contributed by atoms with Crippen LogP contribution in [0.4, 0.5) is 11.5 Å². The minimum absolute atomic E-state index is 0.0456. The molecule has 0 aliphatic rings. The first-order valence-electron chi connectivity index (χ1n) is 6.29. The number of nitrogens with zero attached hydrogens (tertiary/aromatic N) is 2. The standard InChI is InChI=1S/C14H14N4O2S/c1-10(11-5-3-2-4-6-11)16-14(21)17-13-8-7-12(9-15-13)18(19)20/h2-10H,1H3,(H2,15,16,17,21)/t10-/m1/s1. The van der Waals surface area contributed by atoms with Gasteiger partial charge in [0.15, 0.2) is 5.11 Å². The van der Waals surface area contributed by atoms with Crippen molar-refractivity contribution in [3.05, 3.63) is 64.3 Å². The van der Waals surface area contributed by atoms with Crippen LogP contribution >= 0.6 is 12.2 Å². The van der Waals surface area contributed by atoms with Crippen molar-refractivity contribution in [2.24, 2.45) is 0 Å². The molecule has 1 heterocycles. The molecule has 2 N–H and O–H groups in total. The summed E-state index contributed by atoms with van der Waals surface area (Å²) in [6.07, 6.45) is 1.19. The summed E-state index contributed by atoms with van der Waals surface area (Å²) in [5.41, 5.74) is 1.05. The Labute approximate surface area is 127 Å². The van der Waals surface area contributed by atoms with E-state index in [9.17, 15) is 10.1 Å². The number of nitrogens with one attached hydrogen (secondary N) is 2. The Morgan fingerprint density at radius 2 is 2.00 bits per heavy atom. The van der Waals surface area contributed by atoms with Gasteiger partial charge >= 0.3 is 0 Å². The van der Waals surface area contributed by atoms with Gasteiger partial charge in [0.1, 0.15) is 12.0 Å². The summed E-state index contributed by atoms with van der Waals surface area (Å²) in [6.45, 7) is 1.99. The molecule has 7 heteroatoms. The van der Waals surface area contributed by atoms with Crippen molar-refractivity contribution < 1.29 is 4.92 Å². The average molecular weight is 302 g/mol. The van der Waals surface area contributed by atoms with Gasteiger partial charge in [0.2, 0.25) is 0 Å². The van der Waals surface area contributed by atoms with E-state index in [0.29, 0.717) is 10.9 Å². The van der Waals surface area contributed by atoms with Crippen LogP contribution in [0.5, 0.6) is 0 Å². The van der Waals surface area contributed by atoms with Crippen molar-refractivity contribution in [2.75, 3.05) is 5.32 Å². The second-order valence-electron chi connectivity index (χ2n) is 4.39. The van der Waals surface area contributed by atoms with Crippen LogP contribution in [0, 0.1) is 10.1 Å². The van der Waals surface area contributed by atoms with Gasteiger partial charge in [-0.05, 0) is 30.8 Å². The predicted octanol–water partition coefficient (Wildman–Crippen LogP) is 3.04. The molecular formula is C14H14N4O2S. The lowest BCUT2D eigenvalue weighted by atomic mass is 10.1. The Morgan fingerprint density at radius 1 is 1.29 bits per heavy atom. The quantitative estimate of drug-likeness (QED) is 0.513. The van der Waals surface area contributed by atoms with Gasteiger partial charge in [-0.15, -0.1) is 0 Å². The normalized spacial score (nSPS) is 11.5. The molecule has 0 aliphatic carbocycles. The van der Waals surface area contributed by atoms with E-state index in [1.54, 1.807) is 0 Å². The number of aromatic nitrogens is 1. The Kier molecular flexibility index (Phi) is 4.78. The lowest BCUT2D eigenvalue weighted by Crippen LogP contribution is -2.31. The van der Waals surface area contributed by atoms with E-state index in [-0.39, 0.29) is 11.7 Å². The largest absolute Gasteiger partial charge is 0.356 e. The molecule has 0 fully saturated rings. The van der Waals surface area contributed by atoms with Crippen LogP contribution in [-0.2, 0) is 0 Å². The number of anilines is 1. The number of pyridine rings is 1. The number of nitro groups is 1. The van der Waals surface area contributed by atoms with Crippen molar-refractivity contribution in [1.29, 1.82) is 0 Å². The van der Waals surface area contributed by atoms with Crippen LogP contribution < -0.4 is 10.6 Å². The molecule has 0 spiro atoms. The Morgan fingerprint density at radius 3 is 2.57 bits per heavy atom. The van der Waals surface area contributed by atoms with Gasteiger partial charge in [-0.3, -0.25) is 10.1 Å². The Hall–Kier alpha value is -2.54. The van der Waals surface area contributed by atoms with Gasteiger partial charge in [0.25, 0.3) is 5.69 Å². The van der Waals surface area contributed by atoms with E-state index >= 15 is 0 Å². The zero-order valence-electron chi connectivity index (χ0n) is 11.3. The maximum absolute atomic E-state index is 10.5. The third-order valence-electron chi connectivity index (χ3n) is 2.85. The lowest BCUT2D eigenvalue weighted by molar-refractivity contribution is -0.385. The first kappa shape index (κ1) is 14.9. The second-order valence-corrected chi connectivity index (χ2v) is 4.80. The summed E-state index contributed by atoms with van der Waals surface area (Å²) in [4.78, 5) is 14.0. The van der Waals surface area contributed by atoms with Gasteiger partial charge in [0.05, 0.1) is 11.0 Å². The van der Waals surface area contributed by atoms with Gasteiger partial charge < -0.3 is 10.6 Å². The van der Waals surface area contributed by atoms with Crippen LogP contribution in [0.15, 0.2) is 48.7 Å². The molecular weight excluding hydrogens is 288 g/mol. The molecule has 0 bridgehead atoms. The Bertz CT molecular complexity index is 631. The molecule has 0 saturated heterocycles. The number of hydrogen-bond acceptors (Lipinski definition) is 4. The first-order chi connectivity index (χ1) is 10.1. The average Bonchev–Trinajstić information content (AvgIpc) is 2.48. The van der Waals surface area contributed by atoms with E-state index < -0.39 is 4.92 Å². The van der Waals surface area contributed by atoms with E-state index in [4.69, 9.17) is 12.2 Å². The van der Waals surface area contributed by atoms with E-state index in [1.807, 2.05) is 37.3 Å². The van der Waals surface area contributed by atoms with E-state index in [0.717, 1.165) is 5.56 Å². The van der Waals surface area contributed by atoms with Gasteiger partial charge in [-0.25, -0.2) is 4.98 Å². The number of rotatable bonds is 4. The van der Waals surface area contributed by atoms with Crippen LogP contribution in [0.1, 0.15) is 18.5 Å². The molecule has 0 unspecified atom stereocenters. The van der Waals surface area contributed by atoms with Gasteiger partial charge in [-0.1, -0.05) is 30.3 Å². The van der Waals surface area contributed by atoms with Crippen LogP contribution in [0.25, 0.3) is 0 Å². The predicted molar refractivity (Wildman–Crippen MR) is 85.1 cm³/mol. The van der Waals surface area contributed by atoms with Crippen molar-refractivity contribution in [3.8, 4) is 0 Å². The van der Waals surface area contributed by atoms with Crippen LogP contribution in [-0.4, -0.2) is 15.0 Å². The van der Waals surface area contributed by atoms with E-state index in [2.05, 4.69) is 15.6 Å². The summed E-state index contributed by atoms with van der Waals surface area (Å²) < 4.78 is 0. The highest BCUT2D eigenvalue weighted by atomic mass is 32.1. The van der Waals surface area contributed by atoms with Crippen LogP contribution in [0.2, 0.25) is 0 Å². The minimum atomic E-state index is -0.495. The number of hydrogen-bond donors (Lipinski definition) is 2. The molecule has 0 radical (unpaired) electrons.